The van der Waals surface area contributed by atoms with Crippen LogP contribution in [-0.4, -0.2) is 31.8 Å². The largest absolute Gasteiger partial charge is 0.466 e. The summed E-state index contributed by atoms with van der Waals surface area (Å²) < 4.78 is 33.5. The van der Waals surface area contributed by atoms with E-state index >= 15 is 0 Å². The van der Waals surface area contributed by atoms with Crippen molar-refractivity contribution in [3.63, 3.8) is 0 Å². The van der Waals surface area contributed by atoms with Gasteiger partial charge in [-0.05, 0) is 49.9 Å². The Labute approximate surface area is 161 Å². The first-order valence-electron chi connectivity index (χ1n) is 9.17. The second-order valence-corrected chi connectivity index (χ2v) is 8.72. The van der Waals surface area contributed by atoms with Crippen LogP contribution in [0.1, 0.15) is 41.6 Å². The van der Waals surface area contributed by atoms with E-state index in [1.165, 1.54) is 4.31 Å². The monoisotopic (exact) mass is 387 g/mol. The van der Waals surface area contributed by atoms with Crippen LogP contribution in [0.15, 0.2) is 47.4 Å². The Morgan fingerprint density at radius 2 is 1.93 bits per heavy atom. The third-order valence-electron chi connectivity index (χ3n) is 4.95. The molecule has 27 heavy (non-hydrogen) atoms. The first-order chi connectivity index (χ1) is 12.8. The molecule has 0 fully saturated rings. The summed E-state index contributed by atoms with van der Waals surface area (Å²) in [6.45, 7) is 6.10. The molecule has 0 unspecified atom stereocenters. The Hall–Kier alpha value is -2.18. The highest BCUT2D eigenvalue weighted by atomic mass is 32.2. The molecule has 0 saturated carbocycles. The van der Waals surface area contributed by atoms with Gasteiger partial charge in [0.2, 0.25) is 10.0 Å². The minimum atomic E-state index is -3.74. The lowest BCUT2D eigenvalue weighted by Gasteiger charge is -2.36. The lowest BCUT2D eigenvalue weighted by molar-refractivity contribution is -0.144. The van der Waals surface area contributed by atoms with Crippen molar-refractivity contribution in [2.24, 2.45) is 0 Å². The quantitative estimate of drug-likeness (QED) is 0.736. The van der Waals surface area contributed by atoms with E-state index in [1.807, 2.05) is 37.3 Å². The molecule has 0 saturated heterocycles. The van der Waals surface area contributed by atoms with Crippen molar-refractivity contribution in [3.05, 3.63) is 64.7 Å². The first-order valence-corrected chi connectivity index (χ1v) is 10.6. The van der Waals surface area contributed by atoms with E-state index < -0.39 is 16.1 Å². The summed E-state index contributed by atoms with van der Waals surface area (Å²) >= 11 is 0. The topological polar surface area (TPSA) is 63.7 Å². The third kappa shape index (κ3) is 3.92. The highest BCUT2D eigenvalue weighted by Gasteiger charge is 2.38. The standard InChI is InChI=1S/C21H25NO4S/c1-4-26-21(23)14-19-18-8-6-5-7-17(18)11-12-22(19)27(24,25)20-10-9-15(2)13-16(20)3/h5-10,13,19H,4,11-12,14H2,1-3H3/t19-/m0/s1. The second kappa shape index (κ2) is 7.82. The minimum Gasteiger partial charge on any atom is -0.466 e. The average Bonchev–Trinajstić information content (AvgIpc) is 2.61. The maximum absolute atomic E-state index is 13.5. The van der Waals surface area contributed by atoms with Crippen molar-refractivity contribution in [1.82, 2.24) is 4.31 Å². The van der Waals surface area contributed by atoms with Crippen molar-refractivity contribution in [1.29, 1.82) is 0 Å². The van der Waals surface area contributed by atoms with Crippen molar-refractivity contribution in [2.45, 2.75) is 44.6 Å². The van der Waals surface area contributed by atoms with Gasteiger partial charge in [0, 0.05) is 6.54 Å². The van der Waals surface area contributed by atoms with Gasteiger partial charge in [0.15, 0.2) is 0 Å². The number of carbonyl (C=O) groups is 1. The van der Waals surface area contributed by atoms with Crippen LogP contribution in [0.5, 0.6) is 0 Å². The molecule has 0 aliphatic carbocycles. The summed E-state index contributed by atoms with van der Waals surface area (Å²) in [5, 5.41) is 0. The normalized spacial score (nSPS) is 17.4. The number of rotatable bonds is 5. The molecule has 3 rings (SSSR count). The lowest BCUT2D eigenvalue weighted by Crippen LogP contribution is -2.41. The number of aryl methyl sites for hydroxylation is 2. The fourth-order valence-corrected chi connectivity index (χ4v) is 5.53. The van der Waals surface area contributed by atoms with E-state index in [-0.39, 0.29) is 19.0 Å². The molecule has 0 aromatic heterocycles. The highest BCUT2D eigenvalue weighted by molar-refractivity contribution is 7.89. The van der Waals surface area contributed by atoms with Crippen LogP contribution in [0.3, 0.4) is 0 Å². The van der Waals surface area contributed by atoms with Gasteiger partial charge in [0.1, 0.15) is 0 Å². The molecule has 0 amide bonds. The van der Waals surface area contributed by atoms with Gasteiger partial charge in [-0.2, -0.15) is 4.31 Å². The van der Waals surface area contributed by atoms with Crippen molar-refractivity contribution in [2.75, 3.05) is 13.2 Å². The molecule has 0 radical (unpaired) electrons. The molecule has 1 atom stereocenters. The molecule has 5 nitrogen and oxygen atoms in total. The van der Waals surface area contributed by atoms with E-state index in [0.29, 0.717) is 23.4 Å². The van der Waals surface area contributed by atoms with Crippen LogP contribution < -0.4 is 0 Å². The summed E-state index contributed by atoms with van der Waals surface area (Å²) in [6.07, 6.45) is 0.634. The Morgan fingerprint density at radius 1 is 1.19 bits per heavy atom. The molecular formula is C21H25NO4S. The van der Waals surface area contributed by atoms with Gasteiger partial charge in [-0.25, -0.2) is 8.42 Å². The Morgan fingerprint density at radius 3 is 2.63 bits per heavy atom. The molecule has 1 heterocycles. The third-order valence-corrected chi connectivity index (χ3v) is 7.01. The molecular weight excluding hydrogens is 362 g/mol. The number of carbonyl (C=O) groups excluding carboxylic acids is 1. The van der Waals surface area contributed by atoms with Crippen molar-refractivity contribution in [3.8, 4) is 0 Å². The van der Waals surface area contributed by atoms with Gasteiger partial charge in [-0.15, -0.1) is 0 Å². The zero-order valence-corrected chi connectivity index (χ0v) is 16.8. The summed E-state index contributed by atoms with van der Waals surface area (Å²) in [4.78, 5) is 12.5. The van der Waals surface area contributed by atoms with Gasteiger partial charge in [0.25, 0.3) is 0 Å². The number of nitrogens with zero attached hydrogens (tertiary/aromatic N) is 1. The summed E-state index contributed by atoms with van der Waals surface area (Å²) in [6, 6.07) is 12.5. The number of ether oxygens (including phenoxy) is 1. The van der Waals surface area contributed by atoms with E-state index in [4.69, 9.17) is 4.74 Å². The Kier molecular flexibility index (Phi) is 5.67. The second-order valence-electron chi connectivity index (χ2n) is 6.86. The molecule has 1 aliphatic rings. The maximum Gasteiger partial charge on any atom is 0.307 e. The highest BCUT2D eigenvalue weighted by Crippen LogP contribution is 2.37. The average molecular weight is 388 g/mol. The van der Waals surface area contributed by atoms with E-state index in [1.54, 1.807) is 26.0 Å². The molecule has 0 bridgehead atoms. The van der Waals surface area contributed by atoms with Crippen LogP contribution in [-0.2, 0) is 26.0 Å². The molecule has 0 N–H and O–H groups in total. The molecule has 0 spiro atoms. The smallest absolute Gasteiger partial charge is 0.307 e. The van der Waals surface area contributed by atoms with Crippen LogP contribution in [0.25, 0.3) is 0 Å². The number of hydrogen-bond donors (Lipinski definition) is 0. The van der Waals surface area contributed by atoms with Gasteiger partial charge < -0.3 is 4.74 Å². The molecule has 1 aliphatic heterocycles. The predicted octanol–water partition coefficient (Wildman–Crippen LogP) is 3.54. The van der Waals surface area contributed by atoms with Gasteiger partial charge in [0.05, 0.1) is 24.0 Å². The molecule has 2 aromatic rings. The van der Waals surface area contributed by atoms with Gasteiger partial charge >= 0.3 is 5.97 Å². The first kappa shape index (κ1) is 19.6. The zero-order chi connectivity index (χ0) is 19.6. The van der Waals surface area contributed by atoms with Gasteiger partial charge in [-0.1, -0.05) is 42.0 Å². The SMILES string of the molecule is CCOC(=O)C[C@H]1c2ccccc2CCN1S(=O)(=O)c1ccc(C)cc1C. The number of fused-ring (bicyclic) bond motifs is 1. The fourth-order valence-electron chi connectivity index (χ4n) is 3.72. The predicted molar refractivity (Wildman–Crippen MR) is 104 cm³/mol. The number of sulfonamides is 1. The van der Waals surface area contributed by atoms with Crippen LogP contribution in [0.2, 0.25) is 0 Å². The van der Waals surface area contributed by atoms with E-state index in [2.05, 4.69) is 0 Å². The van der Waals surface area contributed by atoms with Crippen molar-refractivity contribution >= 4 is 16.0 Å². The number of esters is 1. The molecule has 2 aromatic carbocycles. The van der Waals surface area contributed by atoms with Crippen LogP contribution in [0, 0.1) is 13.8 Å². The summed E-state index contributed by atoms with van der Waals surface area (Å²) in [5.74, 6) is -0.389. The van der Waals surface area contributed by atoms with Crippen LogP contribution in [0.4, 0.5) is 0 Å². The molecule has 6 heteroatoms. The van der Waals surface area contributed by atoms with E-state index in [9.17, 15) is 13.2 Å². The van der Waals surface area contributed by atoms with Gasteiger partial charge in [-0.3, -0.25) is 4.79 Å². The maximum atomic E-state index is 13.5. The van der Waals surface area contributed by atoms with Crippen LogP contribution >= 0.6 is 0 Å². The Bertz CT molecular complexity index is 952. The zero-order valence-electron chi connectivity index (χ0n) is 15.9. The molecule has 144 valence electrons. The Balaban J connectivity index is 2.05. The van der Waals surface area contributed by atoms with Crippen molar-refractivity contribution < 1.29 is 17.9 Å². The summed E-state index contributed by atoms with van der Waals surface area (Å²) in [7, 11) is -3.74. The summed E-state index contributed by atoms with van der Waals surface area (Å²) in [5.41, 5.74) is 3.69. The fraction of sp³-hybridized carbons (Fsp3) is 0.381. The number of benzene rings is 2. The van der Waals surface area contributed by atoms with E-state index in [0.717, 1.165) is 16.7 Å². The number of hydrogen-bond acceptors (Lipinski definition) is 4. The lowest BCUT2D eigenvalue weighted by atomic mass is 9.92. The minimum absolute atomic E-state index is 0.00892.